The Morgan fingerprint density at radius 2 is 2.06 bits per heavy atom. The van der Waals surface area contributed by atoms with Crippen molar-refractivity contribution in [2.45, 2.75) is 13.0 Å². The molecule has 0 saturated carbocycles. The van der Waals surface area contributed by atoms with Gasteiger partial charge in [-0.15, -0.1) is 0 Å². The second-order valence-corrected chi connectivity index (χ2v) is 4.42. The highest BCUT2D eigenvalue weighted by atomic mass is 32.2. The Morgan fingerprint density at radius 1 is 1.35 bits per heavy atom. The van der Waals surface area contributed by atoms with Crippen LogP contribution in [0.25, 0.3) is 0 Å². The van der Waals surface area contributed by atoms with Crippen molar-refractivity contribution in [3.8, 4) is 0 Å². The number of hydrogen-bond acceptors (Lipinski definition) is 5. The van der Waals surface area contributed by atoms with E-state index in [1.54, 1.807) is 7.11 Å². The van der Waals surface area contributed by atoms with Gasteiger partial charge < -0.3 is 19.9 Å². The van der Waals surface area contributed by atoms with E-state index in [4.69, 9.17) is 14.6 Å². The summed E-state index contributed by atoms with van der Waals surface area (Å²) in [7, 11) is 1.60. The quantitative estimate of drug-likeness (QED) is 0.540. The second-order valence-electron chi connectivity index (χ2n) is 3.27. The number of carbonyl (C=O) groups excluding carboxylic acids is 1. The Morgan fingerprint density at radius 3 is 2.59 bits per heavy atom. The topological polar surface area (TPSA) is 84.9 Å². The fraction of sp³-hybridized carbons (Fsp3) is 0.800. The molecule has 7 heteroatoms. The van der Waals surface area contributed by atoms with Crippen LogP contribution in [-0.2, 0) is 19.1 Å². The molecule has 17 heavy (non-hydrogen) atoms. The Balaban J connectivity index is 3.55. The van der Waals surface area contributed by atoms with Crippen LogP contribution in [0, 0.1) is 0 Å². The van der Waals surface area contributed by atoms with E-state index in [0.29, 0.717) is 31.3 Å². The number of amides is 1. The average Bonchev–Trinajstić information content (AvgIpc) is 2.25. The maximum Gasteiger partial charge on any atom is 0.327 e. The van der Waals surface area contributed by atoms with Crippen LogP contribution in [0.1, 0.15) is 6.92 Å². The minimum absolute atomic E-state index is 0.336. The summed E-state index contributed by atoms with van der Waals surface area (Å²) in [6.07, 6.45) is 0. The molecule has 1 amide bonds. The molecule has 0 bridgehead atoms. The lowest BCUT2D eigenvalue weighted by atomic mass is 10.3. The Hall–Kier alpha value is -0.790. The summed E-state index contributed by atoms with van der Waals surface area (Å²) in [5, 5.41) is 11.2. The molecular weight excluding hydrogens is 246 g/mol. The van der Waals surface area contributed by atoms with E-state index in [1.165, 1.54) is 18.7 Å². The molecule has 1 unspecified atom stereocenters. The molecule has 2 N–H and O–H groups in total. The highest BCUT2D eigenvalue weighted by Crippen LogP contribution is 2.03. The van der Waals surface area contributed by atoms with Crippen LogP contribution in [0.15, 0.2) is 0 Å². The molecule has 0 heterocycles. The normalized spacial score (nSPS) is 12.1. The predicted octanol–water partition coefficient (Wildman–Crippen LogP) is -0.0281. The van der Waals surface area contributed by atoms with Crippen molar-refractivity contribution in [1.82, 2.24) is 5.32 Å². The smallest absolute Gasteiger partial charge is 0.327 e. The number of aliphatic carboxylic acids is 1. The van der Waals surface area contributed by atoms with Crippen molar-refractivity contribution < 1.29 is 24.2 Å². The first-order valence-corrected chi connectivity index (χ1v) is 6.37. The van der Waals surface area contributed by atoms with Gasteiger partial charge in [0.25, 0.3) is 0 Å². The number of thioether (sulfide) groups is 1. The molecule has 0 aliphatic rings. The van der Waals surface area contributed by atoms with Gasteiger partial charge in [-0.25, -0.2) is 4.79 Å². The molecule has 0 aromatic rings. The van der Waals surface area contributed by atoms with Gasteiger partial charge in [0.1, 0.15) is 6.04 Å². The first-order chi connectivity index (χ1) is 8.07. The van der Waals surface area contributed by atoms with Crippen LogP contribution in [0.5, 0.6) is 0 Å². The van der Waals surface area contributed by atoms with E-state index in [9.17, 15) is 9.59 Å². The van der Waals surface area contributed by atoms with Gasteiger partial charge in [-0.3, -0.25) is 4.79 Å². The Labute approximate surface area is 105 Å². The summed E-state index contributed by atoms with van der Waals surface area (Å²) in [5.74, 6) is -0.335. The Bertz CT molecular complexity index is 237. The monoisotopic (exact) mass is 265 g/mol. The largest absolute Gasteiger partial charge is 0.480 e. The molecule has 0 spiro atoms. The second kappa shape index (κ2) is 10.4. The van der Waals surface area contributed by atoms with E-state index in [-0.39, 0.29) is 5.91 Å². The van der Waals surface area contributed by atoms with Crippen LogP contribution in [0.2, 0.25) is 0 Å². The van der Waals surface area contributed by atoms with Crippen LogP contribution >= 0.6 is 11.8 Å². The molecule has 1 atom stereocenters. The van der Waals surface area contributed by atoms with Gasteiger partial charge in [-0.2, -0.15) is 11.8 Å². The van der Waals surface area contributed by atoms with Crippen LogP contribution in [0.3, 0.4) is 0 Å². The number of hydrogen-bond donors (Lipinski definition) is 2. The van der Waals surface area contributed by atoms with Crippen LogP contribution < -0.4 is 5.32 Å². The van der Waals surface area contributed by atoms with Crippen molar-refractivity contribution in [3.05, 3.63) is 0 Å². The highest BCUT2D eigenvalue weighted by molar-refractivity contribution is 7.99. The van der Waals surface area contributed by atoms with Crippen LogP contribution in [0.4, 0.5) is 0 Å². The van der Waals surface area contributed by atoms with Crippen molar-refractivity contribution in [2.75, 3.05) is 38.4 Å². The molecule has 6 nitrogen and oxygen atoms in total. The SMILES string of the molecule is COCCOCCSCC(NC(C)=O)C(=O)O. The van der Waals surface area contributed by atoms with Gasteiger partial charge in [0.15, 0.2) is 0 Å². The first kappa shape index (κ1) is 16.2. The summed E-state index contributed by atoms with van der Waals surface area (Å²) in [6, 6.07) is -0.837. The minimum Gasteiger partial charge on any atom is -0.480 e. The molecule has 0 saturated heterocycles. The summed E-state index contributed by atoms with van der Waals surface area (Å²) in [4.78, 5) is 21.5. The number of rotatable bonds is 10. The number of carboxylic acid groups (broad SMARTS) is 1. The van der Waals surface area contributed by atoms with Crippen molar-refractivity contribution in [1.29, 1.82) is 0 Å². The zero-order valence-corrected chi connectivity index (χ0v) is 10.9. The van der Waals surface area contributed by atoms with E-state index < -0.39 is 12.0 Å². The predicted molar refractivity (Wildman–Crippen MR) is 65.3 cm³/mol. The van der Waals surface area contributed by atoms with E-state index in [0.717, 1.165) is 0 Å². The van der Waals surface area contributed by atoms with Gasteiger partial charge in [0.2, 0.25) is 5.91 Å². The third-order valence-corrected chi connectivity index (χ3v) is 2.79. The molecule has 0 aromatic heterocycles. The molecule has 0 rings (SSSR count). The third kappa shape index (κ3) is 10.1. The zero-order chi connectivity index (χ0) is 13.1. The molecule has 0 aliphatic carbocycles. The van der Waals surface area contributed by atoms with Gasteiger partial charge in [0.05, 0.1) is 19.8 Å². The van der Waals surface area contributed by atoms with Gasteiger partial charge >= 0.3 is 5.97 Å². The summed E-state index contributed by atoms with van der Waals surface area (Å²) >= 11 is 1.43. The highest BCUT2D eigenvalue weighted by Gasteiger charge is 2.17. The Kier molecular flexibility index (Phi) is 9.89. The summed E-state index contributed by atoms with van der Waals surface area (Å²) < 4.78 is 10.0. The standard InChI is InChI=1S/C10H19NO5S/c1-8(12)11-9(10(13)14)7-17-6-5-16-4-3-15-2/h9H,3-7H2,1-2H3,(H,11,12)(H,13,14). The number of ether oxygens (including phenoxy) is 2. The molecule has 0 aromatic carbocycles. The minimum atomic E-state index is -1.02. The molecule has 100 valence electrons. The maximum atomic E-state index is 10.8. The van der Waals surface area contributed by atoms with E-state index >= 15 is 0 Å². The number of carboxylic acids is 1. The fourth-order valence-electron chi connectivity index (χ4n) is 0.983. The van der Waals surface area contributed by atoms with Crippen molar-refractivity contribution in [2.24, 2.45) is 0 Å². The molecular formula is C10H19NO5S. The average molecular weight is 265 g/mol. The summed E-state index contributed by atoms with van der Waals surface area (Å²) in [6.45, 7) is 2.92. The van der Waals surface area contributed by atoms with Crippen molar-refractivity contribution in [3.63, 3.8) is 0 Å². The molecule has 0 radical (unpaired) electrons. The third-order valence-electron chi connectivity index (χ3n) is 1.76. The van der Waals surface area contributed by atoms with E-state index in [1.807, 2.05) is 0 Å². The lowest BCUT2D eigenvalue weighted by Crippen LogP contribution is -2.41. The zero-order valence-electron chi connectivity index (χ0n) is 10.1. The van der Waals surface area contributed by atoms with Gasteiger partial charge in [-0.05, 0) is 0 Å². The van der Waals surface area contributed by atoms with Crippen molar-refractivity contribution >= 4 is 23.6 Å². The number of methoxy groups -OCH3 is 1. The molecule has 0 fully saturated rings. The number of carbonyl (C=O) groups is 2. The van der Waals surface area contributed by atoms with Crippen LogP contribution in [-0.4, -0.2) is 61.5 Å². The van der Waals surface area contributed by atoms with Gasteiger partial charge in [-0.1, -0.05) is 0 Å². The lowest BCUT2D eigenvalue weighted by Gasteiger charge is -2.12. The van der Waals surface area contributed by atoms with Gasteiger partial charge in [0, 0.05) is 25.5 Å². The number of nitrogens with one attached hydrogen (secondary N) is 1. The maximum absolute atomic E-state index is 10.8. The fourth-order valence-corrected chi connectivity index (χ4v) is 1.85. The van der Waals surface area contributed by atoms with E-state index in [2.05, 4.69) is 5.32 Å². The lowest BCUT2D eigenvalue weighted by molar-refractivity contribution is -0.140. The summed E-state index contributed by atoms with van der Waals surface area (Å²) in [5.41, 5.74) is 0. The molecule has 0 aliphatic heterocycles. The first-order valence-electron chi connectivity index (χ1n) is 5.22.